The van der Waals surface area contributed by atoms with E-state index < -0.39 is 11.8 Å². The van der Waals surface area contributed by atoms with Crippen molar-refractivity contribution < 1.29 is 14.3 Å². The van der Waals surface area contributed by atoms with E-state index in [0.717, 1.165) is 12.1 Å². The second-order valence-corrected chi connectivity index (χ2v) is 3.45. The molecule has 0 fully saturated rings. The fourth-order valence-electron chi connectivity index (χ4n) is 1.85. The van der Waals surface area contributed by atoms with Crippen LogP contribution in [0.1, 0.15) is 41.0 Å². The number of fused-ring (bicyclic) bond motifs is 1. The van der Waals surface area contributed by atoms with Crippen molar-refractivity contribution in [2.75, 3.05) is 0 Å². The minimum atomic E-state index is -1.22. The fourth-order valence-corrected chi connectivity index (χ4v) is 1.85. The summed E-state index contributed by atoms with van der Waals surface area (Å²) in [6.07, 6.45) is 1.55. The highest BCUT2D eigenvalue weighted by Crippen LogP contribution is 2.34. The van der Waals surface area contributed by atoms with Crippen molar-refractivity contribution in [3.8, 4) is 0 Å². The van der Waals surface area contributed by atoms with Crippen molar-refractivity contribution >= 4 is 5.97 Å². The lowest BCUT2D eigenvalue weighted by Crippen LogP contribution is -2.01. The quantitative estimate of drug-likeness (QED) is 0.698. The van der Waals surface area contributed by atoms with E-state index in [1.807, 2.05) is 6.92 Å². The zero-order chi connectivity index (χ0) is 9.59. The van der Waals surface area contributed by atoms with Crippen molar-refractivity contribution in [3.63, 3.8) is 0 Å². The summed E-state index contributed by atoms with van der Waals surface area (Å²) in [5, 5.41) is 8.64. The second-order valence-electron chi connectivity index (χ2n) is 3.45. The molecule has 0 saturated heterocycles. The zero-order valence-electron chi connectivity index (χ0n) is 7.22. The Morgan fingerprint density at radius 1 is 1.69 bits per heavy atom. The summed E-state index contributed by atoms with van der Waals surface area (Å²) in [5.74, 6) is -1.55. The monoisotopic (exact) mass is 183 g/mol. The number of rotatable bonds is 1. The van der Waals surface area contributed by atoms with Gasteiger partial charge < -0.3 is 10.1 Å². The predicted octanol–water partition coefficient (Wildman–Crippen LogP) is 1.90. The SMILES string of the molecule is CC1CCc2c1[nH]c(C(=O)O)c2F. The van der Waals surface area contributed by atoms with Crippen molar-refractivity contribution in [2.45, 2.75) is 25.7 Å². The van der Waals surface area contributed by atoms with Crippen molar-refractivity contribution in [3.05, 3.63) is 22.8 Å². The Balaban J connectivity index is 2.55. The summed E-state index contributed by atoms with van der Waals surface area (Å²) in [4.78, 5) is 13.2. The highest BCUT2D eigenvalue weighted by molar-refractivity contribution is 5.86. The number of carbonyl (C=O) groups is 1. The molecule has 0 radical (unpaired) electrons. The molecule has 1 aliphatic rings. The van der Waals surface area contributed by atoms with Gasteiger partial charge in [-0.2, -0.15) is 0 Å². The number of carboxylic acids is 1. The molecule has 1 aliphatic carbocycles. The lowest BCUT2D eigenvalue weighted by molar-refractivity contribution is 0.0685. The van der Waals surface area contributed by atoms with Crippen LogP contribution in [0.3, 0.4) is 0 Å². The molecule has 0 aromatic carbocycles. The van der Waals surface area contributed by atoms with E-state index in [0.29, 0.717) is 12.0 Å². The van der Waals surface area contributed by atoms with Gasteiger partial charge >= 0.3 is 5.97 Å². The van der Waals surface area contributed by atoms with Crippen LogP contribution in [0.15, 0.2) is 0 Å². The first-order valence-electron chi connectivity index (χ1n) is 4.24. The Kier molecular flexibility index (Phi) is 1.65. The zero-order valence-corrected chi connectivity index (χ0v) is 7.22. The third kappa shape index (κ3) is 1.05. The Labute approximate surface area is 74.6 Å². The first kappa shape index (κ1) is 8.29. The third-order valence-corrected chi connectivity index (χ3v) is 2.60. The molecule has 4 heteroatoms. The minimum Gasteiger partial charge on any atom is -0.476 e. The second kappa shape index (κ2) is 2.58. The van der Waals surface area contributed by atoms with Gasteiger partial charge in [0.05, 0.1) is 0 Å². The molecule has 70 valence electrons. The number of hydrogen-bond donors (Lipinski definition) is 2. The van der Waals surface area contributed by atoms with Crippen molar-refractivity contribution in [1.29, 1.82) is 0 Å². The maximum Gasteiger partial charge on any atom is 0.355 e. The average Bonchev–Trinajstić information content (AvgIpc) is 2.55. The van der Waals surface area contributed by atoms with Gasteiger partial charge in [0.1, 0.15) is 0 Å². The van der Waals surface area contributed by atoms with Crippen LogP contribution in [0, 0.1) is 5.82 Å². The Morgan fingerprint density at radius 3 is 2.92 bits per heavy atom. The Morgan fingerprint density at radius 2 is 2.38 bits per heavy atom. The summed E-state index contributed by atoms with van der Waals surface area (Å²) >= 11 is 0. The summed E-state index contributed by atoms with van der Waals surface area (Å²) in [7, 11) is 0. The molecule has 0 amide bonds. The van der Waals surface area contributed by atoms with Gasteiger partial charge in [-0.15, -0.1) is 0 Å². The Bertz CT molecular complexity index is 370. The van der Waals surface area contributed by atoms with E-state index in [9.17, 15) is 9.18 Å². The number of H-pyrrole nitrogens is 1. The fraction of sp³-hybridized carbons (Fsp3) is 0.444. The van der Waals surface area contributed by atoms with E-state index in [2.05, 4.69) is 4.98 Å². The van der Waals surface area contributed by atoms with E-state index in [4.69, 9.17) is 5.11 Å². The normalized spacial score (nSPS) is 20.3. The molecular weight excluding hydrogens is 173 g/mol. The van der Waals surface area contributed by atoms with Gasteiger partial charge in [0.25, 0.3) is 0 Å². The van der Waals surface area contributed by atoms with Crippen LogP contribution < -0.4 is 0 Å². The number of aromatic amines is 1. The third-order valence-electron chi connectivity index (χ3n) is 2.60. The van der Waals surface area contributed by atoms with Crippen LogP contribution in [0.4, 0.5) is 4.39 Å². The maximum atomic E-state index is 13.3. The molecule has 2 rings (SSSR count). The molecule has 1 heterocycles. The number of aromatic nitrogens is 1. The van der Waals surface area contributed by atoms with Crippen LogP contribution in [0.2, 0.25) is 0 Å². The smallest absolute Gasteiger partial charge is 0.355 e. The molecule has 1 unspecified atom stereocenters. The van der Waals surface area contributed by atoms with E-state index in [1.165, 1.54) is 0 Å². The highest BCUT2D eigenvalue weighted by atomic mass is 19.1. The molecule has 0 bridgehead atoms. The van der Waals surface area contributed by atoms with Gasteiger partial charge in [-0.25, -0.2) is 9.18 Å². The van der Waals surface area contributed by atoms with E-state index in [-0.39, 0.29) is 11.6 Å². The largest absolute Gasteiger partial charge is 0.476 e. The number of halogens is 1. The van der Waals surface area contributed by atoms with Gasteiger partial charge in [-0.05, 0) is 18.8 Å². The summed E-state index contributed by atoms with van der Waals surface area (Å²) in [5.41, 5.74) is 1.02. The Hall–Kier alpha value is -1.32. The van der Waals surface area contributed by atoms with Crippen LogP contribution in [-0.2, 0) is 6.42 Å². The van der Waals surface area contributed by atoms with Crippen LogP contribution in [-0.4, -0.2) is 16.1 Å². The van der Waals surface area contributed by atoms with Gasteiger partial charge in [-0.1, -0.05) is 6.92 Å². The van der Waals surface area contributed by atoms with E-state index in [1.54, 1.807) is 0 Å². The predicted molar refractivity (Wildman–Crippen MR) is 44.4 cm³/mol. The number of hydrogen-bond acceptors (Lipinski definition) is 1. The minimum absolute atomic E-state index is 0.248. The molecule has 0 saturated carbocycles. The van der Waals surface area contributed by atoms with Gasteiger partial charge in [0.2, 0.25) is 0 Å². The number of carboxylic acid groups (broad SMARTS) is 1. The summed E-state index contributed by atoms with van der Waals surface area (Å²) in [6, 6.07) is 0. The maximum absolute atomic E-state index is 13.3. The first-order chi connectivity index (χ1) is 6.11. The standard InChI is InChI=1S/C9H10FNO2/c1-4-2-3-5-6(10)8(9(12)13)11-7(4)5/h4,11H,2-3H2,1H3,(H,12,13). The van der Waals surface area contributed by atoms with Crippen LogP contribution >= 0.6 is 0 Å². The molecule has 3 nitrogen and oxygen atoms in total. The van der Waals surface area contributed by atoms with Crippen molar-refractivity contribution in [2.24, 2.45) is 0 Å². The van der Waals surface area contributed by atoms with Crippen LogP contribution in [0.5, 0.6) is 0 Å². The van der Waals surface area contributed by atoms with Gasteiger partial charge in [0, 0.05) is 11.3 Å². The molecule has 0 spiro atoms. The first-order valence-corrected chi connectivity index (χ1v) is 4.24. The highest BCUT2D eigenvalue weighted by Gasteiger charge is 2.28. The average molecular weight is 183 g/mol. The summed E-state index contributed by atoms with van der Waals surface area (Å²) < 4.78 is 13.3. The molecular formula is C9H10FNO2. The van der Waals surface area contributed by atoms with Gasteiger partial charge in [0.15, 0.2) is 11.5 Å². The van der Waals surface area contributed by atoms with Crippen molar-refractivity contribution in [1.82, 2.24) is 4.98 Å². The van der Waals surface area contributed by atoms with E-state index >= 15 is 0 Å². The van der Waals surface area contributed by atoms with Crippen LogP contribution in [0.25, 0.3) is 0 Å². The molecule has 1 aromatic heterocycles. The lowest BCUT2D eigenvalue weighted by atomic mass is 10.1. The van der Waals surface area contributed by atoms with Gasteiger partial charge in [-0.3, -0.25) is 0 Å². The molecule has 1 aromatic rings. The molecule has 2 N–H and O–H groups in total. The molecule has 0 aliphatic heterocycles. The molecule has 13 heavy (non-hydrogen) atoms. The topological polar surface area (TPSA) is 53.1 Å². The summed E-state index contributed by atoms with van der Waals surface area (Å²) in [6.45, 7) is 1.97. The molecule has 1 atom stereocenters. The lowest BCUT2D eigenvalue weighted by Gasteiger charge is -1.98. The number of nitrogens with one attached hydrogen (secondary N) is 1. The number of aromatic carboxylic acids is 1.